The summed E-state index contributed by atoms with van der Waals surface area (Å²) in [5, 5.41) is 0. The molecule has 1 atom stereocenters. The van der Waals surface area contributed by atoms with Crippen LogP contribution in [0.15, 0.2) is 24.4 Å². The number of benzene rings is 1. The normalized spacial score (nSPS) is 16.4. The van der Waals surface area contributed by atoms with Crippen molar-refractivity contribution in [2.24, 2.45) is 5.92 Å². The standard InChI is InChI=1S/C14H20N2/c1-10(2)11(3)16-7-6-12-8-14(15)5-4-13(12)9-16/h4-8,10-11H,9,15H2,1-3H3. The number of anilines is 1. The number of fused-ring (bicyclic) bond motifs is 1. The van der Waals surface area contributed by atoms with Crippen molar-refractivity contribution in [2.45, 2.75) is 33.4 Å². The van der Waals surface area contributed by atoms with E-state index in [0.29, 0.717) is 12.0 Å². The minimum atomic E-state index is 0.571. The molecule has 1 aromatic rings. The third-order valence-electron chi connectivity index (χ3n) is 3.46. The fourth-order valence-electron chi connectivity index (χ4n) is 2.00. The Bertz CT molecular complexity index is 407. The quantitative estimate of drug-likeness (QED) is 0.770. The topological polar surface area (TPSA) is 29.3 Å². The summed E-state index contributed by atoms with van der Waals surface area (Å²) in [4.78, 5) is 2.39. The van der Waals surface area contributed by atoms with E-state index in [0.717, 1.165) is 12.2 Å². The Morgan fingerprint density at radius 1 is 1.25 bits per heavy atom. The summed E-state index contributed by atoms with van der Waals surface area (Å²) in [6, 6.07) is 6.73. The van der Waals surface area contributed by atoms with Crippen LogP contribution in [0.1, 0.15) is 31.9 Å². The molecule has 2 nitrogen and oxygen atoms in total. The van der Waals surface area contributed by atoms with Gasteiger partial charge in [-0.2, -0.15) is 0 Å². The third-order valence-corrected chi connectivity index (χ3v) is 3.46. The first kappa shape index (κ1) is 11.1. The largest absolute Gasteiger partial charge is 0.399 e. The van der Waals surface area contributed by atoms with Gasteiger partial charge in [0.1, 0.15) is 0 Å². The second-order valence-corrected chi connectivity index (χ2v) is 4.93. The molecule has 0 radical (unpaired) electrons. The van der Waals surface area contributed by atoms with Gasteiger partial charge in [-0.1, -0.05) is 19.9 Å². The Morgan fingerprint density at radius 2 is 2.00 bits per heavy atom. The number of nitrogens with zero attached hydrogens (tertiary/aromatic N) is 1. The second kappa shape index (κ2) is 4.20. The maximum atomic E-state index is 5.78. The molecule has 0 bridgehead atoms. The molecule has 1 heterocycles. The Kier molecular flexibility index (Phi) is 2.90. The first-order valence-corrected chi connectivity index (χ1v) is 5.90. The van der Waals surface area contributed by atoms with Crippen LogP contribution < -0.4 is 5.73 Å². The first-order chi connectivity index (χ1) is 7.58. The van der Waals surface area contributed by atoms with Crippen molar-refractivity contribution in [3.05, 3.63) is 35.5 Å². The molecule has 1 aromatic carbocycles. The van der Waals surface area contributed by atoms with Gasteiger partial charge in [-0.25, -0.2) is 0 Å². The predicted octanol–water partition coefficient (Wildman–Crippen LogP) is 3.10. The number of nitrogen functional groups attached to an aromatic ring is 1. The maximum Gasteiger partial charge on any atom is 0.0433 e. The summed E-state index contributed by atoms with van der Waals surface area (Å²) in [6.45, 7) is 7.79. The molecule has 1 aliphatic heterocycles. The molecule has 0 aliphatic carbocycles. The van der Waals surface area contributed by atoms with Crippen LogP contribution in [0.2, 0.25) is 0 Å². The van der Waals surface area contributed by atoms with E-state index >= 15 is 0 Å². The summed E-state index contributed by atoms with van der Waals surface area (Å²) >= 11 is 0. The zero-order chi connectivity index (χ0) is 11.7. The molecule has 0 fully saturated rings. The lowest BCUT2D eigenvalue weighted by atomic mass is 9.99. The van der Waals surface area contributed by atoms with Gasteiger partial charge in [0.05, 0.1) is 0 Å². The van der Waals surface area contributed by atoms with Gasteiger partial charge in [0, 0.05) is 24.5 Å². The fraction of sp³-hybridized carbons (Fsp3) is 0.429. The van der Waals surface area contributed by atoms with Crippen LogP contribution in [-0.4, -0.2) is 10.9 Å². The van der Waals surface area contributed by atoms with Crippen molar-refractivity contribution in [3.8, 4) is 0 Å². The minimum Gasteiger partial charge on any atom is -0.399 e. The Morgan fingerprint density at radius 3 is 2.69 bits per heavy atom. The van der Waals surface area contributed by atoms with E-state index in [4.69, 9.17) is 5.73 Å². The molecule has 0 saturated carbocycles. The van der Waals surface area contributed by atoms with Gasteiger partial charge in [0.25, 0.3) is 0 Å². The van der Waals surface area contributed by atoms with Crippen molar-refractivity contribution in [2.75, 3.05) is 5.73 Å². The van der Waals surface area contributed by atoms with Gasteiger partial charge >= 0.3 is 0 Å². The molecule has 86 valence electrons. The molecule has 0 saturated heterocycles. The molecule has 2 N–H and O–H groups in total. The van der Waals surface area contributed by atoms with E-state index in [1.165, 1.54) is 11.1 Å². The minimum absolute atomic E-state index is 0.571. The highest BCUT2D eigenvalue weighted by atomic mass is 15.1. The second-order valence-electron chi connectivity index (χ2n) is 4.93. The van der Waals surface area contributed by atoms with E-state index < -0.39 is 0 Å². The van der Waals surface area contributed by atoms with Crippen molar-refractivity contribution in [1.82, 2.24) is 4.90 Å². The Balaban J connectivity index is 2.22. The zero-order valence-electron chi connectivity index (χ0n) is 10.3. The summed E-state index contributed by atoms with van der Waals surface area (Å²) in [5.41, 5.74) is 9.24. The van der Waals surface area contributed by atoms with E-state index in [1.807, 2.05) is 12.1 Å². The summed E-state index contributed by atoms with van der Waals surface area (Å²) < 4.78 is 0. The van der Waals surface area contributed by atoms with Crippen LogP contribution in [-0.2, 0) is 6.54 Å². The summed E-state index contributed by atoms with van der Waals surface area (Å²) in [7, 11) is 0. The fourth-order valence-corrected chi connectivity index (χ4v) is 2.00. The number of hydrogen-bond donors (Lipinski definition) is 1. The van der Waals surface area contributed by atoms with E-state index in [-0.39, 0.29) is 0 Å². The van der Waals surface area contributed by atoms with Gasteiger partial charge in [-0.05, 0) is 42.2 Å². The van der Waals surface area contributed by atoms with E-state index in [1.54, 1.807) is 0 Å². The van der Waals surface area contributed by atoms with Crippen molar-refractivity contribution in [3.63, 3.8) is 0 Å². The van der Waals surface area contributed by atoms with Crippen LogP contribution in [0.3, 0.4) is 0 Å². The number of nitrogens with two attached hydrogens (primary N) is 1. The van der Waals surface area contributed by atoms with Crippen LogP contribution >= 0.6 is 0 Å². The smallest absolute Gasteiger partial charge is 0.0433 e. The molecule has 2 heteroatoms. The van der Waals surface area contributed by atoms with E-state index in [9.17, 15) is 0 Å². The lowest BCUT2D eigenvalue weighted by molar-refractivity contribution is 0.229. The van der Waals surface area contributed by atoms with E-state index in [2.05, 4.69) is 44.0 Å². The predicted molar refractivity (Wildman–Crippen MR) is 69.7 cm³/mol. The van der Waals surface area contributed by atoms with Crippen LogP contribution in [0.4, 0.5) is 5.69 Å². The molecule has 1 unspecified atom stereocenters. The van der Waals surface area contributed by atoms with Gasteiger partial charge in [0.15, 0.2) is 0 Å². The molecular formula is C14H20N2. The van der Waals surface area contributed by atoms with Crippen molar-refractivity contribution < 1.29 is 0 Å². The average molecular weight is 216 g/mol. The highest BCUT2D eigenvalue weighted by molar-refractivity contribution is 5.61. The Labute approximate surface area is 97.8 Å². The van der Waals surface area contributed by atoms with Crippen LogP contribution in [0, 0.1) is 5.92 Å². The maximum absolute atomic E-state index is 5.78. The molecule has 16 heavy (non-hydrogen) atoms. The molecule has 0 spiro atoms. The molecule has 2 rings (SSSR count). The first-order valence-electron chi connectivity index (χ1n) is 5.90. The summed E-state index contributed by atoms with van der Waals surface area (Å²) in [6.07, 6.45) is 4.35. The highest BCUT2D eigenvalue weighted by Crippen LogP contribution is 2.25. The molecule has 0 amide bonds. The van der Waals surface area contributed by atoms with Gasteiger partial charge in [-0.15, -0.1) is 0 Å². The molecular weight excluding hydrogens is 196 g/mol. The van der Waals surface area contributed by atoms with Crippen molar-refractivity contribution >= 4 is 11.8 Å². The number of rotatable bonds is 2. The van der Waals surface area contributed by atoms with Gasteiger partial charge in [-0.3, -0.25) is 0 Å². The SMILES string of the molecule is CC(C)C(C)N1C=Cc2cc(N)ccc2C1. The van der Waals surface area contributed by atoms with Gasteiger partial charge < -0.3 is 10.6 Å². The highest BCUT2D eigenvalue weighted by Gasteiger charge is 2.17. The third kappa shape index (κ3) is 2.06. The van der Waals surface area contributed by atoms with Crippen LogP contribution in [0.5, 0.6) is 0 Å². The molecule has 1 aliphatic rings. The lowest BCUT2D eigenvalue weighted by Gasteiger charge is -2.33. The number of hydrogen-bond acceptors (Lipinski definition) is 2. The van der Waals surface area contributed by atoms with Crippen molar-refractivity contribution in [1.29, 1.82) is 0 Å². The average Bonchev–Trinajstić information content (AvgIpc) is 2.27. The zero-order valence-corrected chi connectivity index (χ0v) is 10.3. The summed E-state index contributed by atoms with van der Waals surface area (Å²) in [5.74, 6) is 0.667. The molecule has 0 aromatic heterocycles. The van der Waals surface area contributed by atoms with Gasteiger partial charge in [0.2, 0.25) is 0 Å². The monoisotopic (exact) mass is 216 g/mol. The Hall–Kier alpha value is -1.44. The van der Waals surface area contributed by atoms with Crippen LogP contribution in [0.25, 0.3) is 6.08 Å². The lowest BCUT2D eigenvalue weighted by Crippen LogP contribution is -2.33.